The van der Waals surface area contributed by atoms with E-state index in [9.17, 15) is 19.4 Å². The number of nitrogens with one attached hydrogen (secondary N) is 1. The third-order valence-corrected chi connectivity index (χ3v) is 5.82. The zero-order valence-corrected chi connectivity index (χ0v) is 15.1. The van der Waals surface area contributed by atoms with Gasteiger partial charge < -0.3 is 29.5 Å². The fourth-order valence-corrected chi connectivity index (χ4v) is 4.68. The number of nitrogens with two attached hydrogens (primary N) is 1. The van der Waals surface area contributed by atoms with Crippen LogP contribution in [-0.2, 0) is 18.3 Å². The van der Waals surface area contributed by atoms with Crippen molar-refractivity contribution in [2.24, 2.45) is 0 Å². The van der Waals surface area contributed by atoms with Gasteiger partial charge in [0.05, 0.1) is 6.61 Å². The average Bonchev–Trinajstić information content (AvgIpc) is 3.05. The third kappa shape index (κ3) is 2.85. The molecule has 4 rings (SSSR count). The molecule has 12 nitrogen and oxygen atoms in total. The van der Waals surface area contributed by atoms with Gasteiger partial charge in [-0.15, -0.1) is 0 Å². The van der Waals surface area contributed by atoms with Gasteiger partial charge in [0.15, 0.2) is 22.5 Å². The van der Waals surface area contributed by atoms with Crippen molar-refractivity contribution in [1.29, 1.82) is 0 Å². The molecule has 2 saturated heterocycles. The smallest absolute Gasteiger partial charge is 0.756 e. The molecule has 2 aliphatic rings. The van der Waals surface area contributed by atoms with Crippen LogP contribution in [0.5, 0.6) is 0 Å². The van der Waals surface area contributed by atoms with E-state index in [0.717, 1.165) is 0 Å². The molecule has 0 spiro atoms. The molecule has 4 N–H and O–H groups in total. The number of hydrogen-bond acceptors (Lipinski definition) is 11. The van der Waals surface area contributed by atoms with Crippen molar-refractivity contribution in [3.8, 4) is 0 Å². The molecule has 142 valence electrons. The van der Waals surface area contributed by atoms with Gasteiger partial charge in [0.2, 0.25) is 5.95 Å². The van der Waals surface area contributed by atoms with Crippen LogP contribution in [0, 0.1) is 0 Å². The summed E-state index contributed by atoms with van der Waals surface area (Å²) in [6.45, 7) is 1.61. The Bertz CT molecular complexity index is 969. The molecule has 2 aromatic rings. The van der Waals surface area contributed by atoms with Gasteiger partial charge in [-0.1, -0.05) is 18.7 Å². The highest BCUT2D eigenvalue weighted by atomic mass is 32.2. The van der Waals surface area contributed by atoms with Gasteiger partial charge in [0.1, 0.15) is 18.3 Å². The molecule has 14 heteroatoms. The second-order valence-electron chi connectivity index (χ2n) is 5.69. The molecular weight excluding hydrogens is 389 g/mol. The lowest BCUT2D eigenvalue weighted by Gasteiger charge is -2.34. The van der Waals surface area contributed by atoms with E-state index in [1.807, 2.05) is 6.92 Å². The van der Waals surface area contributed by atoms with Crippen molar-refractivity contribution < 1.29 is 29.8 Å². The van der Waals surface area contributed by atoms with Crippen LogP contribution in [-0.4, -0.2) is 55.3 Å². The van der Waals surface area contributed by atoms with Gasteiger partial charge in [-0.3, -0.25) is 18.9 Å². The Morgan fingerprint density at radius 1 is 1.58 bits per heavy atom. The number of aromatic amines is 1. The summed E-state index contributed by atoms with van der Waals surface area (Å²) < 4.78 is 28.2. The van der Waals surface area contributed by atoms with Gasteiger partial charge in [-0.25, -0.2) is 4.98 Å². The van der Waals surface area contributed by atoms with E-state index in [4.69, 9.17) is 15.0 Å². The van der Waals surface area contributed by atoms with Crippen LogP contribution in [0.3, 0.4) is 0 Å². The van der Waals surface area contributed by atoms with Crippen LogP contribution in [0.25, 0.3) is 11.2 Å². The molecule has 0 bridgehead atoms. The predicted octanol–water partition coefficient (Wildman–Crippen LogP) is -0.932. The first-order chi connectivity index (χ1) is 12.3. The van der Waals surface area contributed by atoms with Crippen LogP contribution in [0.1, 0.15) is 14.6 Å². The summed E-state index contributed by atoms with van der Waals surface area (Å²) in [5.41, 5.74) is 5.25. The van der Waals surface area contributed by atoms with Crippen LogP contribution in [0.15, 0.2) is 9.95 Å². The molecule has 0 saturated carbocycles. The number of phosphoric acid groups is 1. The Kier molecular flexibility index (Phi) is 4.34. The fraction of sp³-hybridized carbons (Fsp3) is 0.583. The quantitative estimate of drug-likeness (QED) is 0.424. The molecule has 5 atom stereocenters. The highest BCUT2D eigenvalue weighted by molar-refractivity contribution is 7.99. The molecule has 0 aromatic carbocycles. The number of imidazole rings is 1. The Morgan fingerprint density at radius 3 is 3.08 bits per heavy atom. The van der Waals surface area contributed by atoms with Crippen LogP contribution in [0.4, 0.5) is 5.95 Å². The Morgan fingerprint density at radius 2 is 2.35 bits per heavy atom. The molecule has 2 aromatic heterocycles. The highest BCUT2D eigenvalue weighted by Crippen LogP contribution is 2.50. The van der Waals surface area contributed by atoms with Gasteiger partial charge >= 0.3 is 1.43 Å². The summed E-state index contributed by atoms with van der Waals surface area (Å²) in [5.74, 6) is 0.507. The van der Waals surface area contributed by atoms with Gasteiger partial charge in [0, 0.05) is 0 Å². The number of fused-ring (bicyclic) bond motifs is 2. The van der Waals surface area contributed by atoms with E-state index in [-0.39, 0.29) is 25.1 Å². The summed E-state index contributed by atoms with van der Waals surface area (Å²) in [6.07, 6.45) is -4.35. The molecule has 26 heavy (non-hydrogen) atoms. The number of hydrogen-bond donors (Lipinski definition) is 3. The molecule has 4 heterocycles. The first-order valence-electron chi connectivity index (χ1n) is 7.69. The van der Waals surface area contributed by atoms with Gasteiger partial charge in [-0.05, 0) is 5.75 Å². The first kappa shape index (κ1) is 17.9. The number of ether oxygens (including phenoxy) is 1. The Labute approximate surface area is 151 Å². The van der Waals surface area contributed by atoms with Crippen molar-refractivity contribution in [1.82, 2.24) is 19.5 Å². The van der Waals surface area contributed by atoms with Crippen LogP contribution in [0.2, 0.25) is 0 Å². The normalized spacial score (nSPS) is 34.3. The van der Waals surface area contributed by atoms with Crippen molar-refractivity contribution in [3.63, 3.8) is 0 Å². The predicted molar refractivity (Wildman–Crippen MR) is 88.4 cm³/mol. The number of aliphatic hydroxyl groups is 1. The van der Waals surface area contributed by atoms with E-state index in [0.29, 0.717) is 10.9 Å². The van der Waals surface area contributed by atoms with Crippen molar-refractivity contribution in [3.05, 3.63) is 10.4 Å². The molecule has 0 aliphatic carbocycles. The minimum atomic E-state index is -4.50. The van der Waals surface area contributed by atoms with E-state index in [1.54, 1.807) is 0 Å². The van der Waals surface area contributed by atoms with E-state index < -0.39 is 37.9 Å². The minimum absolute atomic E-state index is 0. The molecule has 2 fully saturated rings. The second kappa shape index (κ2) is 6.30. The molecular formula is C12H16N5O7PS. The third-order valence-electron chi connectivity index (χ3n) is 4.02. The van der Waals surface area contributed by atoms with E-state index in [1.165, 1.54) is 16.3 Å². The maximum absolute atomic E-state index is 12.1. The lowest BCUT2D eigenvalue weighted by atomic mass is 10.1. The minimum Gasteiger partial charge on any atom is -0.756 e. The zero-order valence-electron chi connectivity index (χ0n) is 14.4. The number of anilines is 1. The van der Waals surface area contributed by atoms with E-state index >= 15 is 0 Å². The Balaban J connectivity index is 0.00000210. The second-order valence-corrected chi connectivity index (χ2v) is 8.28. The summed E-state index contributed by atoms with van der Waals surface area (Å²) in [7, 11) is -4.50. The molecule has 0 amide bonds. The van der Waals surface area contributed by atoms with Crippen LogP contribution < -0.4 is 16.2 Å². The van der Waals surface area contributed by atoms with Crippen molar-refractivity contribution in [2.75, 3.05) is 18.1 Å². The average molecular weight is 405 g/mol. The molecule has 3 unspecified atom stereocenters. The summed E-state index contributed by atoms with van der Waals surface area (Å²) in [4.78, 5) is 34.3. The Hall–Kier alpha value is -1.47. The maximum atomic E-state index is 12.1. The van der Waals surface area contributed by atoms with E-state index in [2.05, 4.69) is 19.5 Å². The van der Waals surface area contributed by atoms with Crippen LogP contribution >= 0.6 is 19.6 Å². The van der Waals surface area contributed by atoms with Gasteiger partial charge in [-0.2, -0.15) is 4.98 Å². The lowest BCUT2D eigenvalue weighted by Crippen LogP contribution is -2.41. The standard InChI is InChI=1S/C12H16N5O7PS/c1-2-26-12-14-5-8(15-11(13)16-9(5)19)17(12)10-6(18)7-4(23-10)3-22-25(20,21)24-7/h4,6-7,10,18H,2-3H2,1H3,(H,20,21)(H3,13,15,16,19)/t4?,6?,7-,10-/m1/s1. The topological polar surface area (TPSA) is 178 Å². The number of aromatic nitrogens is 4. The van der Waals surface area contributed by atoms with Gasteiger partial charge in [0.25, 0.3) is 13.4 Å². The zero-order chi connectivity index (χ0) is 18.6. The number of nitrogen functional groups attached to an aromatic ring is 1. The molecule has 2 aliphatic heterocycles. The fourth-order valence-electron chi connectivity index (χ4n) is 2.98. The number of phosphoric ester groups is 1. The maximum Gasteiger partial charge on any atom is 1.00 e. The number of thioether (sulfide) groups is 1. The summed E-state index contributed by atoms with van der Waals surface area (Å²) in [5, 5.41) is 11.0. The largest absolute Gasteiger partial charge is 1.00 e. The highest BCUT2D eigenvalue weighted by Gasteiger charge is 2.51. The van der Waals surface area contributed by atoms with Crippen molar-refractivity contribution >= 4 is 36.7 Å². The number of rotatable bonds is 3. The number of H-pyrrole nitrogens is 1. The number of aliphatic hydroxyl groups excluding tert-OH is 1. The molecule has 0 radical (unpaired) electrons. The first-order valence-corrected chi connectivity index (χ1v) is 10.1. The summed E-state index contributed by atoms with van der Waals surface area (Å²) >= 11 is 1.30. The van der Waals surface area contributed by atoms with Crippen molar-refractivity contribution in [2.45, 2.75) is 36.6 Å². The number of nitrogens with zero attached hydrogens (tertiary/aromatic N) is 3. The monoisotopic (exact) mass is 405 g/mol. The SMILES string of the molecule is CCSc1nc2c(=O)[nH]c(N)nc2n1[C@@H]1OC2COP(=O)([O-])O[C@H]2C1O.[H+]. The lowest BCUT2D eigenvalue weighted by molar-refractivity contribution is -0.245. The summed E-state index contributed by atoms with van der Waals surface area (Å²) in [6, 6.07) is 0.